The lowest BCUT2D eigenvalue weighted by Gasteiger charge is -2.20. The maximum atomic E-state index is 13.2. The number of amides is 1. The number of rotatable bonds is 5. The van der Waals surface area contributed by atoms with Crippen molar-refractivity contribution >= 4 is 23.5 Å². The highest BCUT2D eigenvalue weighted by atomic mass is 35.5. The predicted octanol–water partition coefficient (Wildman–Crippen LogP) is 2.42. The average molecular weight is 274 g/mol. The molecule has 6 heteroatoms. The Bertz CT molecular complexity index is 465. The third kappa shape index (κ3) is 3.70. The van der Waals surface area contributed by atoms with E-state index in [9.17, 15) is 14.0 Å². The summed E-state index contributed by atoms with van der Waals surface area (Å²) in [7, 11) is 0. The van der Waals surface area contributed by atoms with Gasteiger partial charge < -0.3 is 10.0 Å². The summed E-state index contributed by atoms with van der Waals surface area (Å²) < 4.78 is 13.2. The van der Waals surface area contributed by atoms with Crippen LogP contribution in [0.25, 0.3) is 0 Å². The fraction of sp³-hybridized carbons (Fsp3) is 0.333. The van der Waals surface area contributed by atoms with Gasteiger partial charge in [-0.25, -0.2) is 4.39 Å². The normalized spacial score (nSPS) is 10.2. The molecule has 0 aliphatic rings. The number of carbonyl (C=O) groups is 2. The van der Waals surface area contributed by atoms with Crippen molar-refractivity contribution in [2.75, 3.05) is 13.1 Å². The molecule has 4 nitrogen and oxygen atoms in total. The van der Waals surface area contributed by atoms with Crippen LogP contribution in [0.1, 0.15) is 23.7 Å². The molecule has 0 saturated carbocycles. The summed E-state index contributed by atoms with van der Waals surface area (Å²) in [6.45, 7) is 1.72. The number of halogens is 2. The van der Waals surface area contributed by atoms with Gasteiger partial charge in [-0.1, -0.05) is 18.5 Å². The van der Waals surface area contributed by atoms with E-state index in [0.29, 0.717) is 13.0 Å². The SMILES string of the molecule is CCCN(CC(=O)O)C(=O)c1ccc(Cl)c(F)c1. The molecule has 0 saturated heterocycles. The first-order valence-corrected chi connectivity index (χ1v) is 5.79. The minimum absolute atomic E-state index is 0.0770. The maximum Gasteiger partial charge on any atom is 0.323 e. The molecule has 0 fully saturated rings. The van der Waals surface area contributed by atoms with Gasteiger partial charge in [-0.05, 0) is 24.6 Å². The molecule has 0 aromatic heterocycles. The molecule has 98 valence electrons. The molecule has 1 amide bonds. The summed E-state index contributed by atoms with van der Waals surface area (Å²) in [5, 5.41) is 8.64. The van der Waals surface area contributed by atoms with Crippen LogP contribution in [0.2, 0.25) is 5.02 Å². The minimum Gasteiger partial charge on any atom is -0.480 e. The molecule has 0 atom stereocenters. The molecule has 0 heterocycles. The molecule has 1 aromatic carbocycles. The summed E-state index contributed by atoms with van der Waals surface area (Å²) in [6.07, 6.45) is 0.620. The van der Waals surface area contributed by atoms with Gasteiger partial charge in [0, 0.05) is 12.1 Å². The molecule has 0 bridgehead atoms. The van der Waals surface area contributed by atoms with Gasteiger partial charge in [0.1, 0.15) is 12.4 Å². The number of carbonyl (C=O) groups excluding carboxylic acids is 1. The summed E-state index contributed by atoms with van der Waals surface area (Å²) in [6, 6.07) is 3.66. The van der Waals surface area contributed by atoms with Crippen molar-refractivity contribution in [2.24, 2.45) is 0 Å². The smallest absolute Gasteiger partial charge is 0.323 e. The molecule has 0 radical (unpaired) electrons. The Balaban J connectivity index is 2.93. The number of hydrogen-bond acceptors (Lipinski definition) is 2. The first kappa shape index (κ1) is 14.4. The van der Waals surface area contributed by atoms with Crippen molar-refractivity contribution in [1.82, 2.24) is 4.90 Å². The Kier molecular flexibility index (Phi) is 5.09. The monoisotopic (exact) mass is 273 g/mol. The maximum absolute atomic E-state index is 13.2. The zero-order valence-electron chi connectivity index (χ0n) is 9.82. The van der Waals surface area contributed by atoms with Crippen molar-refractivity contribution in [3.05, 3.63) is 34.6 Å². The number of carboxylic acid groups (broad SMARTS) is 1. The highest BCUT2D eigenvalue weighted by molar-refractivity contribution is 6.30. The summed E-state index contributed by atoms with van der Waals surface area (Å²) in [4.78, 5) is 23.8. The molecule has 0 aliphatic carbocycles. The van der Waals surface area contributed by atoms with Gasteiger partial charge in [-0.15, -0.1) is 0 Å². The van der Waals surface area contributed by atoms with Crippen LogP contribution in [0.3, 0.4) is 0 Å². The van der Waals surface area contributed by atoms with Gasteiger partial charge in [0.25, 0.3) is 5.91 Å². The lowest BCUT2D eigenvalue weighted by molar-refractivity contribution is -0.137. The van der Waals surface area contributed by atoms with Crippen LogP contribution in [0.15, 0.2) is 18.2 Å². The van der Waals surface area contributed by atoms with Crippen LogP contribution in [-0.4, -0.2) is 35.0 Å². The van der Waals surface area contributed by atoms with Gasteiger partial charge in [0.15, 0.2) is 0 Å². The van der Waals surface area contributed by atoms with Crippen LogP contribution < -0.4 is 0 Å². The first-order chi connectivity index (χ1) is 8.45. The molecule has 0 aliphatic heterocycles. The molecular weight excluding hydrogens is 261 g/mol. The molecule has 1 aromatic rings. The van der Waals surface area contributed by atoms with E-state index in [1.165, 1.54) is 12.1 Å². The minimum atomic E-state index is -1.11. The third-order valence-electron chi connectivity index (χ3n) is 2.27. The lowest BCUT2D eigenvalue weighted by atomic mass is 10.2. The predicted molar refractivity (Wildman–Crippen MR) is 65.2 cm³/mol. The molecular formula is C12H13ClFNO3. The van der Waals surface area contributed by atoms with Crippen LogP contribution in [-0.2, 0) is 4.79 Å². The van der Waals surface area contributed by atoms with Crippen LogP contribution in [0.5, 0.6) is 0 Å². The van der Waals surface area contributed by atoms with E-state index >= 15 is 0 Å². The fourth-order valence-corrected chi connectivity index (χ4v) is 1.61. The molecule has 0 spiro atoms. The van der Waals surface area contributed by atoms with E-state index in [-0.39, 0.29) is 10.6 Å². The largest absolute Gasteiger partial charge is 0.480 e. The van der Waals surface area contributed by atoms with Crippen LogP contribution in [0, 0.1) is 5.82 Å². The first-order valence-electron chi connectivity index (χ1n) is 5.41. The molecule has 18 heavy (non-hydrogen) atoms. The third-order valence-corrected chi connectivity index (χ3v) is 2.58. The quantitative estimate of drug-likeness (QED) is 0.896. The number of carboxylic acids is 1. The Morgan fingerprint density at radius 3 is 2.61 bits per heavy atom. The van der Waals surface area contributed by atoms with Crippen molar-refractivity contribution in [2.45, 2.75) is 13.3 Å². The van der Waals surface area contributed by atoms with E-state index in [1.807, 2.05) is 6.92 Å². The number of nitrogens with zero attached hydrogens (tertiary/aromatic N) is 1. The second kappa shape index (κ2) is 6.35. The van der Waals surface area contributed by atoms with Crippen molar-refractivity contribution in [3.63, 3.8) is 0 Å². The Morgan fingerprint density at radius 2 is 2.11 bits per heavy atom. The van der Waals surface area contributed by atoms with Gasteiger partial charge in [-0.3, -0.25) is 9.59 Å². The summed E-state index contributed by atoms with van der Waals surface area (Å²) in [5.41, 5.74) is 0.0894. The summed E-state index contributed by atoms with van der Waals surface area (Å²) >= 11 is 5.52. The fourth-order valence-electron chi connectivity index (χ4n) is 1.50. The van der Waals surface area contributed by atoms with Crippen LogP contribution >= 0.6 is 11.6 Å². The lowest BCUT2D eigenvalue weighted by Crippen LogP contribution is -2.36. The Labute approximate surface area is 109 Å². The highest BCUT2D eigenvalue weighted by Gasteiger charge is 2.18. The molecule has 1 N–H and O–H groups in total. The number of aliphatic carboxylic acids is 1. The Morgan fingerprint density at radius 1 is 1.44 bits per heavy atom. The second-order valence-electron chi connectivity index (χ2n) is 3.75. The van der Waals surface area contributed by atoms with Crippen molar-refractivity contribution in [3.8, 4) is 0 Å². The van der Waals surface area contributed by atoms with E-state index in [1.54, 1.807) is 0 Å². The highest BCUT2D eigenvalue weighted by Crippen LogP contribution is 2.16. The topological polar surface area (TPSA) is 57.6 Å². The second-order valence-corrected chi connectivity index (χ2v) is 4.16. The Hall–Kier alpha value is -1.62. The van der Waals surface area contributed by atoms with Crippen molar-refractivity contribution in [1.29, 1.82) is 0 Å². The van der Waals surface area contributed by atoms with Gasteiger partial charge in [0.05, 0.1) is 5.02 Å². The van der Waals surface area contributed by atoms with Crippen molar-refractivity contribution < 1.29 is 19.1 Å². The number of hydrogen-bond donors (Lipinski definition) is 1. The van der Waals surface area contributed by atoms with E-state index in [0.717, 1.165) is 11.0 Å². The average Bonchev–Trinajstić information content (AvgIpc) is 2.31. The van der Waals surface area contributed by atoms with E-state index in [4.69, 9.17) is 16.7 Å². The van der Waals surface area contributed by atoms with E-state index in [2.05, 4.69) is 0 Å². The zero-order valence-corrected chi connectivity index (χ0v) is 10.6. The van der Waals surface area contributed by atoms with Crippen LogP contribution in [0.4, 0.5) is 4.39 Å². The van der Waals surface area contributed by atoms with E-state index < -0.39 is 24.2 Å². The zero-order chi connectivity index (χ0) is 13.7. The number of benzene rings is 1. The molecule has 0 unspecified atom stereocenters. The molecule has 1 rings (SSSR count). The van der Waals surface area contributed by atoms with Gasteiger partial charge in [-0.2, -0.15) is 0 Å². The van der Waals surface area contributed by atoms with Gasteiger partial charge in [0.2, 0.25) is 0 Å². The summed E-state index contributed by atoms with van der Waals surface area (Å²) in [5.74, 6) is -2.32. The van der Waals surface area contributed by atoms with Gasteiger partial charge >= 0.3 is 5.97 Å². The standard InChI is InChI=1S/C12H13ClFNO3/c1-2-5-15(7-11(16)17)12(18)8-3-4-9(13)10(14)6-8/h3-4,6H,2,5,7H2,1H3,(H,16,17).